The summed E-state index contributed by atoms with van der Waals surface area (Å²) in [5, 5.41) is 10.7. The summed E-state index contributed by atoms with van der Waals surface area (Å²) in [7, 11) is 0. The van der Waals surface area contributed by atoms with Gasteiger partial charge >= 0.3 is 0 Å². The van der Waals surface area contributed by atoms with Crippen LogP contribution in [-0.4, -0.2) is 14.7 Å². The standard InChI is InChI=1S/C16H12ClFN2O/c17-9-1-6-14-13(7-9)19-16(20(14)11-3-4-11)12-5-2-10(18)8-15(12)21/h1-2,5-8,11,21H,3-4H2. The molecule has 21 heavy (non-hydrogen) atoms. The fourth-order valence-corrected chi connectivity index (χ4v) is 2.82. The number of fused-ring (bicyclic) bond motifs is 1. The molecule has 0 spiro atoms. The molecule has 0 unspecified atom stereocenters. The molecule has 1 aliphatic carbocycles. The van der Waals surface area contributed by atoms with E-state index in [2.05, 4.69) is 9.55 Å². The Balaban J connectivity index is 2.01. The summed E-state index contributed by atoms with van der Waals surface area (Å²) in [5.74, 6) is 0.0962. The molecule has 3 aromatic rings. The van der Waals surface area contributed by atoms with Gasteiger partial charge in [-0.15, -0.1) is 0 Å². The number of halogens is 2. The van der Waals surface area contributed by atoms with Crippen LogP contribution >= 0.6 is 11.6 Å². The molecule has 0 saturated heterocycles. The number of phenolic OH excluding ortho intramolecular Hbond substituents is 1. The van der Waals surface area contributed by atoms with Crippen molar-refractivity contribution < 1.29 is 9.50 Å². The second-order valence-electron chi connectivity index (χ2n) is 5.33. The Morgan fingerprint density at radius 1 is 1.19 bits per heavy atom. The van der Waals surface area contributed by atoms with E-state index in [1.165, 1.54) is 6.07 Å². The van der Waals surface area contributed by atoms with Crippen LogP contribution < -0.4 is 0 Å². The van der Waals surface area contributed by atoms with Crippen molar-refractivity contribution in [1.82, 2.24) is 9.55 Å². The zero-order chi connectivity index (χ0) is 14.6. The average Bonchev–Trinajstić information content (AvgIpc) is 3.20. The van der Waals surface area contributed by atoms with Gasteiger partial charge in [-0.1, -0.05) is 11.6 Å². The lowest BCUT2D eigenvalue weighted by molar-refractivity contribution is 0.470. The Labute approximate surface area is 125 Å². The molecule has 1 fully saturated rings. The molecule has 1 N–H and O–H groups in total. The van der Waals surface area contributed by atoms with E-state index in [4.69, 9.17) is 11.6 Å². The van der Waals surface area contributed by atoms with Gasteiger partial charge in [-0.2, -0.15) is 0 Å². The summed E-state index contributed by atoms with van der Waals surface area (Å²) in [6.45, 7) is 0. The number of rotatable bonds is 2. The highest BCUT2D eigenvalue weighted by atomic mass is 35.5. The lowest BCUT2D eigenvalue weighted by Gasteiger charge is -2.09. The zero-order valence-corrected chi connectivity index (χ0v) is 11.8. The molecule has 4 rings (SSSR count). The van der Waals surface area contributed by atoms with Crippen molar-refractivity contribution in [3.05, 3.63) is 47.2 Å². The second kappa shape index (κ2) is 4.46. The van der Waals surface area contributed by atoms with E-state index in [1.54, 1.807) is 12.1 Å². The van der Waals surface area contributed by atoms with Gasteiger partial charge in [0.05, 0.1) is 16.6 Å². The first kappa shape index (κ1) is 12.7. The number of hydrogen-bond donors (Lipinski definition) is 1. The van der Waals surface area contributed by atoms with Gasteiger partial charge in [0, 0.05) is 17.1 Å². The number of nitrogens with zero attached hydrogens (tertiary/aromatic N) is 2. The van der Waals surface area contributed by atoms with E-state index in [0.717, 1.165) is 29.9 Å². The smallest absolute Gasteiger partial charge is 0.145 e. The first-order valence-corrected chi connectivity index (χ1v) is 7.17. The highest BCUT2D eigenvalue weighted by Gasteiger charge is 2.29. The predicted molar refractivity (Wildman–Crippen MR) is 80.1 cm³/mol. The average molecular weight is 303 g/mol. The summed E-state index contributed by atoms with van der Waals surface area (Å²) in [5.41, 5.74) is 2.31. The summed E-state index contributed by atoms with van der Waals surface area (Å²) in [6.07, 6.45) is 2.17. The van der Waals surface area contributed by atoms with Crippen LogP contribution in [0, 0.1) is 5.82 Å². The molecular formula is C16H12ClFN2O. The van der Waals surface area contributed by atoms with Crippen molar-refractivity contribution in [1.29, 1.82) is 0 Å². The van der Waals surface area contributed by atoms with Gasteiger partial charge in [0.25, 0.3) is 0 Å². The first-order chi connectivity index (χ1) is 10.1. The number of phenols is 1. The van der Waals surface area contributed by atoms with Gasteiger partial charge in [-0.05, 0) is 43.2 Å². The van der Waals surface area contributed by atoms with E-state index in [1.807, 2.05) is 12.1 Å². The number of imidazole rings is 1. The summed E-state index contributed by atoms with van der Waals surface area (Å²) < 4.78 is 15.3. The highest BCUT2D eigenvalue weighted by Crippen LogP contribution is 2.43. The summed E-state index contributed by atoms with van der Waals surface area (Å²) in [6, 6.07) is 9.96. The van der Waals surface area contributed by atoms with Crippen LogP contribution in [0.4, 0.5) is 4.39 Å². The second-order valence-corrected chi connectivity index (χ2v) is 5.77. The number of aromatic nitrogens is 2. The molecule has 1 aliphatic rings. The Hall–Kier alpha value is -2.07. The molecular weight excluding hydrogens is 291 g/mol. The van der Waals surface area contributed by atoms with Crippen LogP contribution in [0.15, 0.2) is 36.4 Å². The van der Waals surface area contributed by atoms with E-state index in [9.17, 15) is 9.50 Å². The molecule has 0 aliphatic heterocycles. The van der Waals surface area contributed by atoms with Crippen LogP contribution in [0.5, 0.6) is 5.75 Å². The molecule has 5 heteroatoms. The normalized spacial score (nSPS) is 14.8. The van der Waals surface area contributed by atoms with Crippen molar-refractivity contribution in [3.63, 3.8) is 0 Å². The molecule has 3 nitrogen and oxygen atoms in total. The Kier molecular flexibility index (Phi) is 2.69. The minimum atomic E-state index is -0.464. The number of benzene rings is 2. The van der Waals surface area contributed by atoms with Gasteiger partial charge in [0.2, 0.25) is 0 Å². The lowest BCUT2D eigenvalue weighted by atomic mass is 10.2. The maximum absolute atomic E-state index is 13.2. The maximum atomic E-state index is 13.2. The topological polar surface area (TPSA) is 38.1 Å². The third-order valence-electron chi connectivity index (χ3n) is 3.76. The zero-order valence-electron chi connectivity index (χ0n) is 11.1. The fraction of sp³-hybridized carbons (Fsp3) is 0.188. The fourth-order valence-electron chi connectivity index (χ4n) is 2.66. The Bertz CT molecular complexity index is 855. The quantitative estimate of drug-likeness (QED) is 0.755. The molecule has 1 aromatic heterocycles. The number of aromatic hydroxyl groups is 1. The highest BCUT2D eigenvalue weighted by molar-refractivity contribution is 6.31. The van der Waals surface area contributed by atoms with Crippen molar-refractivity contribution in [2.75, 3.05) is 0 Å². The van der Waals surface area contributed by atoms with Gasteiger partial charge in [0.15, 0.2) is 0 Å². The number of hydrogen-bond acceptors (Lipinski definition) is 2. The molecule has 106 valence electrons. The predicted octanol–water partition coefficient (Wildman–Crippen LogP) is 4.54. The SMILES string of the molecule is Oc1cc(F)ccc1-c1nc2cc(Cl)ccc2n1C1CC1. The van der Waals surface area contributed by atoms with Crippen LogP contribution in [0.25, 0.3) is 22.4 Å². The maximum Gasteiger partial charge on any atom is 0.145 e. The van der Waals surface area contributed by atoms with Crippen LogP contribution in [-0.2, 0) is 0 Å². The minimum absolute atomic E-state index is 0.0988. The Morgan fingerprint density at radius 2 is 2.00 bits per heavy atom. The van der Waals surface area contributed by atoms with Gasteiger partial charge in [-0.25, -0.2) is 9.37 Å². The van der Waals surface area contributed by atoms with E-state index in [-0.39, 0.29) is 5.75 Å². The largest absolute Gasteiger partial charge is 0.507 e. The van der Waals surface area contributed by atoms with Crippen LogP contribution in [0.2, 0.25) is 5.02 Å². The van der Waals surface area contributed by atoms with Crippen molar-refractivity contribution in [2.24, 2.45) is 0 Å². The summed E-state index contributed by atoms with van der Waals surface area (Å²) in [4.78, 5) is 4.59. The van der Waals surface area contributed by atoms with Crippen molar-refractivity contribution in [2.45, 2.75) is 18.9 Å². The molecule has 0 amide bonds. The van der Waals surface area contributed by atoms with Gasteiger partial charge < -0.3 is 9.67 Å². The van der Waals surface area contributed by atoms with Crippen molar-refractivity contribution >= 4 is 22.6 Å². The monoisotopic (exact) mass is 302 g/mol. The van der Waals surface area contributed by atoms with Crippen molar-refractivity contribution in [3.8, 4) is 17.1 Å². The van der Waals surface area contributed by atoms with Crippen LogP contribution in [0.1, 0.15) is 18.9 Å². The molecule has 2 aromatic carbocycles. The van der Waals surface area contributed by atoms with Gasteiger partial charge in [0.1, 0.15) is 17.4 Å². The van der Waals surface area contributed by atoms with E-state index >= 15 is 0 Å². The molecule has 0 radical (unpaired) electrons. The van der Waals surface area contributed by atoms with E-state index < -0.39 is 5.82 Å². The van der Waals surface area contributed by atoms with Crippen LogP contribution in [0.3, 0.4) is 0 Å². The molecule has 0 atom stereocenters. The first-order valence-electron chi connectivity index (χ1n) is 6.80. The van der Waals surface area contributed by atoms with E-state index in [0.29, 0.717) is 22.5 Å². The molecule has 0 bridgehead atoms. The molecule has 1 heterocycles. The summed E-state index contributed by atoms with van der Waals surface area (Å²) >= 11 is 6.03. The Morgan fingerprint density at radius 3 is 2.71 bits per heavy atom. The van der Waals surface area contributed by atoms with Gasteiger partial charge in [-0.3, -0.25) is 0 Å². The third kappa shape index (κ3) is 2.07. The third-order valence-corrected chi connectivity index (χ3v) is 4.00. The minimum Gasteiger partial charge on any atom is -0.507 e. The lowest BCUT2D eigenvalue weighted by Crippen LogP contribution is -1.97. The molecule has 1 saturated carbocycles.